The largest absolute Gasteiger partial charge is 0.325 e. The first-order valence-electron chi connectivity index (χ1n) is 10.8. The zero-order valence-corrected chi connectivity index (χ0v) is 18.6. The molecule has 30 heavy (non-hydrogen) atoms. The van der Waals surface area contributed by atoms with Gasteiger partial charge in [-0.25, -0.2) is 9.59 Å². The molecular weight excluding hydrogens is 376 g/mol. The van der Waals surface area contributed by atoms with Crippen LogP contribution in [0, 0.1) is 0 Å². The van der Waals surface area contributed by atoms with E-state index in [1.54, 1.807) is 9.80 Å². The molecule has 162 valence electrons. The highest BCUT2D eigenvalue weighted by atomic mass is 16.2. The third kappa shape index (κ3) is 6.24. The highest BCUT2D eigenvalue weighted by molar-refractivity contribution is 5.91. The van der Waals surface area contributed by atoms with Crippen LogP contribution in [-0.2, 0) is 12.8 Å². The molecule has 0 unspecified atom stereocenters. The first kappa shape index (κ1) is 23.3. The summed E-state index contributed by atoms with van der Waals surface area (Å²) in [4.78, 5) is 28.4. The Balaban J connectivity index is 2.12. The average molecular weight is 411 g/mol. The van der Waals surface area contributed by atoms with Gasteiger partial charge in [-0.3, -0.25) is 0 Å². The molecule has 2 aromatic carbocycles. The number of nitrogens with zero attached hydrogens (tertiary/aromatic N) is 2. The molecule has 0 aliphatic heterocycles. The second-order valence-electron chi connectivity index (χ2n) is 7.02. The summed E-state index contributed by atoms with van der Waals surface area (Å²) in [5.41, 5.74) is 3.81. The van der Waals surface area contributed by atoms with E-state index < -0.39 is 0 Å². The van der Waals surface area contributed by atoms with Gasteiger partial charge in [-0.05, 0) is 63.8 Å². The second-order valence-corrected chi connectivity index (χ2v) is 7.02. The average Bonchev–Trinajstić information content (AvgIpc) is 2.76. The van der Waals surface area contributed by atoms with E-state index in [9.17, 15) is 9.59 Å². The van der Waals surface area contributed by atoms with Crippen molar-refractivity contribution in [2.75, 3.05) is 36.8 Å². The number of hydrogen-bond acceptors (Lipinski definition) is 2. The van der Waals surface area contributed by atoms with Gasteiger partial charge in [0, 0.05) is 37.6 Å². The van der Waals surface area contributed by atoms with Crippen molar-refractivity contribution < 1.29 is 9.59 Å². The van der Waals surface area contributed by atoms with Crippen LogP contribution in [0.3, 0.4) is 0 Å². The predicted octanol–water partition coefficient (Wildman–Crippen LogP) is 5.22. The van der Waals surface area contributed by atoms with E-state index in [1.165, 1.54) is 0 Å². The van der Waals surface area contributed by atoms with Crippen LogP contribution in [0.25, 0.3) is 0 Å². The van der Waals surface area contributed by atoms with Crippen molar-refractivity contribution in [2.24, 2.45) is 0 Å². The number of para-hydroxylation sites is 2. The molecule has 0 bridgehead atoms. The maximum absolute atomic E-state index is 12.5. The maximum Gasteiger partial charge on any atom is 0.321 e. The van der Waals surface area contributed by atoms with Crippen molar-refractivity contribution in [1.29, 1.82) is 0 Å². The van der Waals surface area contributed by atoms with E-state index in [-0.39, 0.29) is 12.1 Å². The SMILES string of the molecule is CCN(CC)C(=O)Nc1ccccc1CCc1ccccc1NC(=O)N(CC)CC. The van der Waals surface area contributed by atoms with Gasteiger partial charge in [-0.1, -0.05) is 36.4 Å². The molecule has 6 heteroatoms. The number of aryl methyl sites for hydroxylation is 2. The molecule has 6 nitrogen and oxygen atoms in total. The predicted molar refractivity (Wildman–Crippen MR) is 124 cm³/mol. The lowest BCUT2D eigenvalue weighted by Gasteiger charge is -2.21. The lowest BCUT2D eigenvalue weighted by molar-refractivity contribution is 0.216. The summed E-state index contributed by atoms with van der Waals surface area (Å²) >= 11 is 0. The van der Waals surface area contributed by atoms with Crippen LogP contribution in [0.5, 0.6) is 0 Å². The van der Waals surface area contributed by atoms with E-state index in [2.05, 4.69) is 10.6 Å². The number of carbonyl (C=O) groups excluding carboxylic acids is 2. The minimum Gasteiger partial charge on any atom is -0.325 e. The van der Waals surface area contributed by atoms with Crippen LogP contribution in [0.1, 0.15) is 38.8 Å². The summed E-state index contributed by atoms with van der Waals surface area (Å²) < 4.78 is 0. The number of anilines is 2. The molecule has 0 aliphatic rings. The van der Waals surface area contributed by atoms with Gasteiger partial charge in [-0.15, -0.1) is 0 Å². The molecule has 0 atom stereocenters. The molecule has 0 saturated carbocycles. The summed E-state index contributed by atoms with van der Waals surface area (Å²) in [5, 5.41) is 6.07. The molecular formula is C24H34N4O2. The Labute approximate surface area is 180 Å². The van der Waals surface area contributed by atoms with Gasteiger partial charge in [0.25, 0.3) is 0 Å². The highest BCUT2D eigenvalue weighted by Crippen LogP contribution is 2.22. The number of amides is 4. The van der Waals surface area contributed by atoms with Crippen LogP contribution in [0.4, 0.5) is 21.0 Å². The molecule has 0 aliphatic carbocycles. The molecule has 0 radical (unpaired) electrons. The molecule has 0 saturated heterocycles. The Bertz CT molecular complexity index is 760. The first-order valence-corrected chi connectivity index (χ1v) is 10.8. The van der Waals surface area contributed by atoms with Gasteiger partial charge in [-0.2, -0.15) is 0 Å². The summed E-state index contributed by atoms with van der Waals surface area (Å²) in [5.74, 6) is 0. The number of hydrogen-bond donors (Lipinski definition) is 2. The van der Waals surface area contributed by atoms with Gasteiger partial charge in [0.2, 0.25) is 0 Å². The fourth-order valence-corrected chi connectivity index (χ4v) is 3.40. The Morgan fingerprint density at radius 2 is 0.967 bits per heavy atom. The van der Waals surface area contributed by atoms with Crippen molar-refractivity contribution in [1.82, 2.24) is 9.80 Å². The standard InChI is InChI=1S/C24H34N4O2/c1-5-27(6-2)23(29)25-21-15-11-9-13-19(21)17-18-20-14-10-12-16-22(20)26-24(30)28(7-3)8-4/h9-16H,5-8,17-18H2,1-4H3,(H,25,29)(H,26,30). The van der Waals surface area contributed by atoms with Crippen molar-refractivity contribution in [3.63, 3.8) is 0 Å². The molecule has 2 rings (SSSR count). The zero-order chi connectivity index (χ0) is 21.9. The smallest absolute Gasteiger partial charge is 0.321 e. The van der Waals surface area contributed by atoms with Crippen LogP contribution in [0.15, 0.2) is 48.5 Å². The third-order valence-corrected chi connectivity index (χ3v) is 5.28. The number of rotatable bonds is 9. The fraction of sp³-hybridized carbons (Fsp3) is 0.417. The quantitative estimate of drug-likeness (QED) is 0.595. The lowest BCUT2D eigenvalue weighted by Crippen LogP contribution is -2.34. The van der Waals surface area contributed by atoms with Gasteiger partial charge < -0.3 is 20.4 Å². The summed E-state index contributed by atoms with van der Waals surface area (Å²) in [6.07, 6.45) is 1.51. The Hall–Kier alpha value is -3.02. The van der Waals surface area contributed by atoms with Crippen molar-refractivity contribution >= 4 is 23.4 Å². The van der Waals surface area contributed by atoms with Gasteiger partial charge in [0.05, 0.1) is 0 Å². The summed E-state index contributed by atoms with van der Waals surface area (Å²) in [6, 6.07) is 15.6. The zero-order valence-electron chi connectivity index (χ0n) is 18.6. The van der Waals surface area contributed by atoms with E-state index in [4.69, 9.17) is 0 Å². The van der Waals surface area contributed by atoms with E-state index in [1.807, 2.05) is 76.2 Å². The maximum atomic E-state index is 12.5. The fourth-order valence-electron chi connectivity index (χ4n) is 3.40. The van der Waals surface area contributed by atoms with Crippen LogP contribution < -0.4 is 10.6 Å². The number of carbonyl (C=O) groups is 2. The van der Waals surface area contributed by atoms with Gasteiger partial charge in [0.1, 0.15) is 0 Å². The van der Waals surface area contributed by atoms with Gasteiger partial charge in [0.15, 0.2) is 0 Å². The Morgan fingerprint density at radius 1 is 0.633 bits per heavy atom. The summed E-state index contributed by atoms with van der Waals surface area (Å²) in [6.45, 7) is 10.6. The van der Waals surface area contributed by atoms with Crippen molar-refractivity contribution in [3.05, 3.63) is 59.7 Å². The normalized spacial score (nSPS) is 10.4. The van der Waals surface area contributed by atoms with E-state index in [0.29, 0.717) is 26.2 Å². The molecule has 0 fully saturated rings. The monoisotopic (exact) mass is 410 g/mol. The van der Waals surface area contributed by atoms with Crippen molar-refractivity contribution in [2.45, 2.75) is 40.5 Å². The Kier molecular flexibility index (Phi) is 9.19. The number of urea groups is 2. The Morgan fingerprint density at radius 3 is 1.30 bits per heavy atom. The lowest BCUT2D eigenvalue weighted by atomic mass is 10.0. The minimum absolute atomic E-state index is 0.0839. The molecule has 4 amide bonds. The molecule has 0 aromatic heterocycles. The number of benzene rings is 2. The van der Waals surface area contributed by atoms with Crippen LogP contribution in [-0.4, -0.2) is 48.0 Å². The van der Waals surface area contributed by atoms with Crippen LogP contribution in [0.2, 0.25) is 0 Å². The van der Waals surface area contributed by atoms with E-state index in [0.717, 1.165) is 35.3 Å². The number of nitrogens with one attached hydrogen (secondary N) is 2. The topological polar surface area (TPSA) is 64.7 Å². The van der Waals surface area contributed by atoms with Crippen LogP contribution >= 0.6 is 0 Å². The van der Waals surface area contributed by atoms with Gasteiger partial charge >= 0.3 is 12.1 Å². The van der Waals surface area contributed by atoms with Crippen molar-refractivity contribution in [3.8, 4) is 0 Å². The minimum atomic E-state index is -0.0839. The summed E-state index contributed by atoms with van der Waals surface area (Å²) in [7, 11) is 0. The molecule has 0 spiro atoms. The molecule has 0 heterocycles. The molecule has 2 aromatic rings. The van der Waals surface area contributed by atoms with E-state index >= 15 is 0 Å². The second kappa shape index (κ2) is 11.9. The first-order chi connectivity index (χ1) is 14.5. The highest BCUT2D eigenvalue weighted by Gasteiger charge is 2.14. The molecule has 2 N–H and O–H groups in total. The third-order valence-electron chi connectivity index (χ3n) is 5.28.